The van der Waals surface area contributed by atoms with E-state index in [0.29, 0.717) is 24.5 Å². The summed E-state index contributed by atoms with van der Waals surface area (Å²) < 4.78 is 13.2. The number of hydrazone groups is 1. The molecule has 0 amide bonds. The fourth-order valence-corrected chi connectivity index (χ4v) is 2.57. The Kier molecular flexibility index (Phi) is 4.75. The predicted octanol–water partition coefficient (Wildman–Crippen LogP) is 3.66. The molecule has 0 saturated heterocycles. The zero-order chi connectivity index (χ0) is 17.8. The van der Waals surface area contributed by atoms with Crippen LogP contribution in [-0.4, -0.2) is 18.3 Å². The molecule has 0 unspecified atom stereocenters. The number of nitrogens with zero attached hydrogens (tertiary/aromatic N) is 4. The van der Waals surface area contributed by atoms with Crippen LogP contribution in [0.25, 0.3) is 0 Å². The van der Waals surface area contributed by atoms with Gasteiger partial charge >= 0.3 is 0 Å². The van der Waals surface area contributed by atoms with Gasteiger partial charge in [0.05, 0.1) is 23.7 Å². The number of carbonyl (C=O) groups is 1. The van der Waals surface area contributed by atoms with Gasteiger partial charge < -0.3 is 4.90 Å². The third kappa shape index (κ3) is 3.66. The molecule has 1 heterocycles. The average Bonchev–Trinajstić information content (AvgIpc) is 3.06. The number of benzene rings is 2. The summed E-state index contributed by atoms with van der Waals surface area (Å²) in [5.74, 6) is 0.408. The minimum absolute atomic E-state index is 0.0903. The first-order valence-corrected chi connectivity index (χ1v) is 8.00. The quantitative estimate of drug-likeness (QED) is 0.836. The van der Waals surface area contributed by atoms with Gasteiger partial charge in [-0.05, 0) is 48.5 Å². The highest BCUT2D eigenvalue weighted by Gasteiger charge is 2.26. The highest BCUT2D eigenvalue weighted by atomic mass is 19.1. The van der Waals surface area contributed by atoms with Crippen molar-refractivity contribution < 1.29 is 9.18 Å². The Bertz CT molecular complexity index is 837. The van der Waals surface area contributed by atoms with E-state index in [1.165, 1.54) is 12.1 Å². The number of halogens is 1. The summed E-state index contributed by atoms with van der Waals surface area (Å²) in [7, 11) is 0. The molecule has 3 rings (SSSR count). The molecule has 1 aliphatic heterocycles. The van der Waals surface area contributed by atoms with Gasteiger partial charge in [0, 0.05) is 12.1 Å². The molecule has 0 spiro atoms. The maximum absolute atomic E-state index is 13.2. The average molecular weight is 336 g/mol. The molecule has 0 radical (unpaired) electrons. The molecule has 2 aromatic carbocycles. The van der Waals surface area contributed by atoms with Crippen molar-refractivity contribution in [2.45, 2.75) is 19.8 Å². The standard InChI is InChI=1S/C19H17FN4O/c1-2-18(25)11-19-22-24(17-7-3-14(12-21)4-8-17)13-23(19)16-9-5-15(20)6-10-16/h3-10H,2,11,13H2,1H3. The third-order valence-corrected chi connectivity index (χ3v) is 4.01. The Balaban J connectivity index is 1.90. The van der Waals surface area contributed by atoms with E-state index in [0.717, 1.165) is 11.4 Å². The first-order chi connectivity index (χ1) is 12.1. The second kappa shape index (κ2) is 7.14. The fraction of sp³-hybridized carbons (Fsp3) is 0.211. The van der Waals surface area contributed by atoms with E-state index < -0.39 is 0 Å². The topological polar surface area (TPSA) is 59.7 Å². The van der Waals surface area contributed by atoms with Crippen LogP contribution in [0.2, 0.25) is 0 Å². The van der Waals surface area contributed by atoms with Crippen LogP contribution in [0.4, 0.5) is 15.8 Å². The molecule has 5 nitrogen and oxygen atoms in total. The number of hydrogen-bond acceptors (Lipinski definition) is 5. The Labute approximate surface area is 145 Å². The molecular formula is C19H17FN4O. The van der Waals surface area contributed by atoms with Crippen molar-refractivity contribution in [1.29, 1.82) is 5.26 Å². The Morgan fingerprint density at radius 1 is 1.16 bits per heavy atom. The predicted molar refractivity (Wildman–Crippen MR) is 94.7 cm³/mol. The van der Waals surface area contributed by atoms with Gasteiger partial charge in [0.15, 0.2) is 0 Å². The number of carbonyl (C=O) groups excluding carboxylic acids is 1. The lowest BCUT2D eigenvalue weighted by molar-refractivity contribution is -0.117. The first kappa shape index (κ1) is 16.7. The van der Waals surface area contributed by atoms with Crippen LogP contribution in [0.3, 0.4) is 0 Å². The van der Waals surface area contributed by atoms with Gasteiger partial charge in [-0.3, -0.25) is 4.79 Å². The SMILES string of the molecule is CCC(=O)CC1=NN(c2ccc(C#N)cc2)CN1c1ccc(F)cc1. The van der Waals surface area contributed by atoms with Crippen LogP contribution in [-0.2, 0) is 4.79 Å². The smallest absolute Gasteiger partial charge is 0.140 e. The van der Waals surface area contributed by atoms with E-state index in [2.05, 4.69) is 11.2 Å². The minimum Gasteiger partial charge on any atom is -0.308 e. The monoisotopic (exact) mass is 336 g/mol. The highest BCUT2D eigenvalue weighted by Crippen LogP contribution is 2.26. The van der Waals surface area contributed by atoms with E-state index in [1.807, 2.05) is 24.0 Å². The number of rotatable bonds is 5. The number of nitriles is 1. The summed E-state index contributed by atoms with van der Waals surface area (Å²) in [5.41, 5.74) is 2.17. The normalized spacial score (nSPS) is 13.6. The summed E-state index contributed by atoms with van der Waals surface area (Å²) in [4.78, 5) is 13.8. The number of ketones is 1. The lowest BCUT2D eigenvalue weighted by Gasteiger charge is -2.21. The molecule has 0 bridgehead atoms. The molecule has 0 fully saturated rings. The summed E-state index contributed by atoms with van der Waals surface area (Å²) in [5, 5.41) is 15.2. The number of hydrogen-bond donors (Lipinski definition) is 0. The molecule has 126 valence electrons. The van der Waals surface area contributed by atoms with Crippen LogP contribution in [0.15, 0.2) is 53.6 Å². The maximum Gasteiger partial charge on any atom is 0.140 e. The van der Waals surface area contributed by atoms with Crippen molar-refractivity contribution in [2.75, 3.05) is 16.6 Å². The van der Waals surface area contributed by atoms with Crippen molar-refractivity contribution in [3.63, 3.8) is 0 Å². The molecule has 0 saturated carbocycles. The molecular weight excluding hydrogens is 319 g/mol. The van der Waals surface area contributed by atoms with Crippen molar-refractivity contribution in [3.05, 3.63) is 59.9 Å². The van der Waals surface area contributed by atoms with Crippen LogP contribution in [0.1, 0.15) is 25.3 Å². The number of Topliss-reactive ketones (excluding diaryl/α,β-unsaturated/α-hetero) is 1. The van der Waals surface area contributed by atoms with Crippen molar-refractivity contribution in [2.24, 2.45) is 5.10 Å². The van der Waals surface area contributed by atoms with E-state index in [1.54, 1.807) is 29.3 Å². The largest absolute Gasteiger partial charge is 0.308 e. The van der Waals surface area contributed by atoms with E-state index in [-0.39, 0.29) is 18.0 Å². The zero-order valence-electron chi connectivity index (χ0n) is 13.8. The molecule has 0 atom stereocenters. The van der Waals surface area contributed by atoms with E-state index in [9.17, 15) is 9.18 Å². The Morgan fingerprint density at radius 3 is 2.40 bits per heavy atom. The molecule has 0 aliphatic carbocycles. The highest BCUT2D eigenvalue weighted by molar-refractivity contribution is 6.10. The van der Waals surface area contributed by atoms with Crippen molar-refractivity contribution >= 4 is 23.0 Å². The van der Waals surface area contributed by atoms with Crippen LogP contribution < -0.4 is 9.91 Å². The van der Waals surface area contributed by atoms with Gasteiger partial charge in [-0.1, -0.05) is 6.92 Å². The Hall–Kier alpha value is -3.20. The number of amidine groups is 1. The summed E-state index contributed by atoms with van der Waals surface area (Å²) in [6.07, 6.45) is 0.661. The minimum atomic E-state index is -0.310. The third-order valence-electron chi connectivity index (χ3n) is 4.01. The zero-order valence-corrected chi connectivity index (χ0v) is 13.8. The van der Waals surface area contributed by atoms with Crippen molar-refractivity contribution in [3.8, 4) is 6.07 Å². The summed E-state index contributed by atoms with van der Waals surface area (Å²) in [6, 6.07) is 15.3. The Morgan fingerprint density at radius 2 is 1.80 bits per heavy atom. The van der Waals surface area contributed by atoms with Gasteiger partial charge in [0.25, 0.3) is 0 Å². The van der Waals surface area contributed by atoms with E-state index >= 15 is 0 Å². The van der Waals surface area contributed by atoms with Crippen LogP contribution in [0, 0.1) is 17.1 Å². The van der Waals surface area contributed by atoms with E-state index in [4.69, 9.17) is 5.26 Å². The van der Waals surface area contributed by atoms with Gasteiger partial charge in [-0.25, -0.2) is 9.40 Å². The first-order valence-electron chi connectivity index (χ1n) is 8.00. The maximum atomic E-state index is 13.2. The van der Waals surface area contributed by atoms with Gasteiger partial charge in [-0.15, -0.1) is 0 Å². The molecule has 0 N–H and O–H groups in total. The van der Waals surface area contributed by atoms with Crippen molar-refractivity contribution in [1.82, 2.24) is 0 Å². The molecule has 2 aromatic rings. The lowest BCUT2D eigenvalue weighted by atomic mass is 10.2. The fourth-order valence-electron chi connectivity index (χ4n) is 2.57. The number of anilines is 2. The lowest BCUT2D eigenvalue weighted by Crippen LogP contribution is -2.32. The van der Waals surface area contributed by atoms with Gasteiger partial charge in [0.1, 0.15) is 24.1 Å². The van der Waals surface area contributed by atoms with Crippen LogP contribution >= 0.6 is 0 Å². The van der Waals surface area contributed by atoms with Crippen LogP contribution in [0.5, 0.6) is 0 Å². The molecule has 25 heavy (non-hydrogen) atoms. The second-order valence-corrected chi connectivity index (χ2v) is 5.69. The molecule has 6 heteroatoms. The second-order valence-electron chi connectivity index (χ2n) is 5.69. The molecule has 1 aliphatic rings. The van der Waals surface area contributed by atoms with Gasteiger partial charge in [-0.2, -0.15) is 10.4 Å². The summed E-state index contributed by atoms with van der Waals surface area (Å²) >= 11 is 0. The summed E-state index contributed by atoms with van der Waals surface area (Å²) in [6.45, 7) is 2.24. The van der Waals surface area contributed by atoms with Gasteiger partial charge in [0.2, 0.25) is 0 Å². The molecule has 0 aromatic heterocycles.